The van der Waals surface area contributed by atoms with Gasteiger partial charge >= 0.3 is 5.69 Å². The summed E-state index contributed by atoms with van der Waals surface area (Å²) in [4.78, 5) is 33.9. The minimum Gasteiger partial charge on any atom is -0.494 e. The number of aromatic nitrogens is 2. The molecule has 1 atom stereocenters. The molecule has 0 spiro atoms. The Bertz CT molecular complexity index is 1540. The normalized spacial score (nSPS) is 15.3. The fraction of sp³-hybridized carbons (Fsp3) is 0.207. The van der Waals surface area contributed by atoms with Crippen LogP contribution >= 0.6 is 11.8 Å². The first-order valence-corrected chi connectivity index (χ1v) is 12.8. The minimum atomic E-state index is -0.657. The van der Waals surface area contributed by atoms with Crippen molar-refractivity contribution < 1.29 is 5.11 Å². The van der Waals surface area contributed by atoms with Crippen LogP contribution in [0.2, 0.25) is 0 Å². The Morgan fingerprint density at radius 1 is 1.00 bits per heavy atom. The smallest absolute Gasteiger partial charge is 0.331 e. The number of benzene rings is 3. The number of nitrogens with one attached hydrogen (secondary N) is 1. The number of thioether (sulfide) groups is 1. The lowest BCUT2D eigenvalue weighted by atomic mass is 9.98. The SMILES string of the molecule is CC(C)c1ccc([C@H]2CC(c3c(O)n(Cc4ccccc4)c(=O)[nH]c3=O)=Nc3ccccc3S2)cc1. The summed E-state index contributed by atoms with van der Waals surface area (Å²) >= 11 is 1.69. The highest BCUT2D eigenvalue weighted by atomic mass is 32.2. The van der Waals surface area contributed by atoms with Crippen LogP contribution in [0.4, 0.5) is 5.69 Å². The van der Waals surface area contributed by atoms with Crippen molar-refractivity contribution in [3.05, 3.63) is 122 Å². The average molecular weight is 498 g/mol. The molecule has 0 bridgehead atoms. The number of para-hydroxylation sites is 1. The van der Waals surface area contributed by atoms with Gasteiger partial charge in [0.15, 0.2) is 0 Å². The predicted octanol–water partition coefficient (Wildman–Crippen LogP) is 5.77. The van der Waals surface area contributed by atoms with Gasteiger partial charge in [-0.2, -0.15) is 0 Å². The van der Waals surface area contributed by atoms with Crippen molar-refractivity contribution in [1.82, 2.24) is 9.55 Å². The average Bonchev–Trinajstić information content (AvgIpc) is 3.07. The molecule has 3 aromatic carbocycles. The molecule has 1 aliphatic rings. The highest BCUT2D eigenvalue weighted by molar-refractivity contribution is 7.99. The van der Waals surface area contributed by atoms with Crippen molar-refractivity contribution in [3.63, 3.8) is 0 Å². The topological polar surface area (TPSA) is 87.5 Å². The van der Waals surface area contributed by atoms with Gasteiger partial charge in [0, 0.05) is 16.6 Å². The van der Waals surface area contributed by atoms with Gasteiger partial charge < -0.3 is 5.11 Å². The summed E-state index contributed by atoms with van der Waals surface area (Å²) in [6.45, 7) is 4.46. The molecule has 4 aromatic rings. The van der Waals surface area contributed by atoms with Crippen molar-refractivity contribution in [2.45, 2.75) is 42.9 Å². The van der Waals surface area contributed by atoms with E-state index < -0.39 is 11.2 Å². The number of rotatable bonds is 5. The van der Waals surface area contributed by atoms with Gasteiger partial charge in [0.05, 0.1) is 17.9 Å². The van der Waals surface area contributed by atoms with E-state index in [1.807, 2.05) is 54.6 Å². The maximum atomic E-state index is 13.0. The van der Waals surface area contributed by atoms with Gasteiger partial charge in [-0.25, -0.2) is 4.79 Å². The van der Waals surface area contributed by atoms with Crippen LogP contribution in [0.25, 0.3) is 0 Å². The molecule has 1 aromatic heterocycles. The fourth-order valence-corrected chi connectivity index (χ4v) is 5.62. The van der Waals surface area contributed by atoms with Crippen LogP contribution in [0.5, 0.6) is 5.88 Å². The van der Waals surface area contributed by atoms with E-state index in [1.54, 1.807) is 11.8 Å². The van der Waals surface area contributed by atoms with Crippen LogP contribution in [0.1, 0.15) is 53.7 Å². The summed E-state index contributed by atoms with van der Waals surface area (Å²) in [6, 6.07) is 25.6. The van der Waals surface area contributed by atoms with Gasteiger partial charge in [-0.15, -0.1) is 11.8 Å². The summed E-state index contributed by atoms with van der Waals surface area (Å²) in [5.41, 5.74) is 3.13. The standard InChI is InChI=1S/C29H27N3O3S/c1-18(2)20-12-14-21(15-13-20)25-16-23(30-22-10-6-7-11-24(22)36-25)26-27(33)31-29(35)32(28(26)34)17-19-8-4-3-5-9-19/h3-15,18,25,34H,16-17H2,1-2H3,(H,31,33,35)/t25-/m1/s1. The van der Waals surface area contributed by atoms with Crippen LogP contribution in [-0.2, 0) is 6.54 Å². The molecule has 6 nitrogen and oxygen atoms in total. The Morgan fingerprint density at radius 2 is 1.69 bits per heavy atom. The molecule has 2 N–H and O–H groups in total. The number of H-pyrrole nitrogens is 1. The lowest BCUT2D eigenvalue weighted by Crippen LogP contribution is -2.34. The quantitative estimate of drug-likeness (QED) is 0.366. The van der Waals surface area contributed by atoms with E-state index in [9.17, 15) is 14.7 Å². The Hall–Kier alpha value is -3.84. The first kappa shape index (κ1) is 23.9. The summed E-state index contributed by atoms with van der Waals surface area (Å²) < 4.78 is 1.19. The number of nitrogens with zero attached hydrogens (tertiary/aromatic N) is 2. The zero-order valence-electron chi connectivity index (χ0n) is 20.1. The third kappa shape index (κ3) is 4.79. The zero-order chi connectivity index (χ0) is 25.2. The van der Waals surface area contributed by atoms with Crippen LogP contribution in [-0.4, -0.2) is 20.4 Å². The first-order chi connectivity index (χ1) is 17.4. The van der Waals surface area contributed by atoms with Gasteiger partial charge in [0.25, 0.3) is 5.56 Å². The van der Waals surface area contributed by atoms with Crippen LogP contribution in [0.15, 0.2) is 98.3 Å². The van der Waals surface area contributed by atoms with E-state index in [4.69, 9.17) is 4.99 Å². The van der Waals surface area contributed by atoms with Gasteiger partial charge in [-0.3, -0.25) is 19.3 Å². The molecule has 1 aliphatic heterocycles. The highest BCUT2D eigenvalue weighted by Gasteiger charge is 2.27. The minimum absolute atomic E-state index is 0.0260. The Morgan fingerprint density at radius 3 is 2.42 bits per heavy atom. The Kier molecular flexibility index (Phi) is 6.65. The van der Waals surface area contributed by atoms with Crippen molar-refractivity contribution in [2.24, 2.45) is 4.99 Å². The second kappa shape index (κ2) is 10.0. The van der Waals surface area contributed by atoms with E-state index in [0.29, 0.717) is 18.1 Å². The molecule has 0 fully saturated rings. The van der Waals surface area contributed by atoms with Crippen LogP contribution < -0.4 is 11.2 Å². The molecule has 36 heavy (non-hydrogen) atoms. The van der Waals surface area contributed by atoms with Crippen molar-refractivity contribution >= 4 is 23.2 Å². The Labute approximate surface area is 213 Å². The zero-order valence-corrected chi connectivity index (χ0v) is 21.0. The molecule has 0 saturated heterocycles. The number of fused-ring (bicyclic) bond motifs is 1. The molecule has 5 rings (SSSR count). The number of hydrogen-bond donors (Lipinski definition) is 2. The monoisotopic (exact) mass is 497 g/mol. The molecule has 0 saturated carbocycles. The second-order valence-corrected chi connectivity index (χ2v) is 10.4. The molecule has 0 amide bonds. The van der Waals surface area contributed by atoms with Crippen molar-refractivity contribution in [2.75, 3.05) is 0 Å². The van der Waals surface area contributed by atoms with E-state index in [0.717, 1.165) is 21.7 Å². The number of aliphatic imine (C=N–C) groups is 1. The van der Waals surface area contributed by atoms with Gasteiger partial charge in [-0.05, 0) is 34.7 Å². The van der Waals surface area contributed by atoms with E-state index >= 15 is 0 Å². The van der Waals surface area contributed by atoms with Gasteiger partial charge in [-0.1, -0.05) is 80.6 Å². The fourth-order valence-electron chi connectivity index (χ4n) is 4.38. The third-order valence-corrected chi connectivity index (χ3v) is 7.71. The first-order valence-electron chi connectivity index (χ1n) is 11.9. The molecule has 0 radical (unpaired) electrons. The molecule has 0 unspecified atom stereocenters. The molecular weight excluding hydrogens is 470 g/mol. The maximum Gasteiger partial charge on any atom is 0.331 e. The van der Waals surface area contributed by atoms with Crippen molar-refractivity contribution in [3.8, 4) is 5.88 Å². The summed E-state index contributed by atoms with van der Waals surface area (Å²) in [6.07, 6.45) is 0.417. The lowest BCUT2D eigenvalue weighted by Gasteiger charge is -2.18. The van der Waals surface area contributed by atoms with Crippen LogP contribution in [0, 0.1) is 0 Å². The molecule has 182 valence electrons. The summed E-state index contributed by atoms with van der Waals surface area (Å²) in [5.74, 6) is 0.0597. The van der Waals surface area contributed by atoms with E-state index in [1.165, 1.54) is 10.1 Å². The second-order valence-electron chi connectivity index (χ2n) is 9.19. The van der Waals surface area contributed by atoms with E-state index in [-0.39, 0.29) is 23.2 Å². The molecular formula is C29H27N3O3S. The highest BCUT2D eigenvalue weighted by Crippen LogP contribution is 2.45. The molecule has 2 heterocycles. The number of hydrogen-bond acceptors (Lipinski definition) is 5. The molecule has 0 aliphatic carbocycles. The Balaban J connectivity index is 1.61. The number of aromatic amines is 1. The summed E-state index contributed by atoms with van der Waals surface area (Å²) in [5, 5.41) is 11.2. The summed E-state index contributed by atoms with van der Waals surface area (Å²) in [7, 11) is 0. The van der Waals surface area contributed by atoms with Gasteiger partial charge in [0.1, 0.15) is 5.56 Å². The lowest BCUT2D eigenvalue weighted by molar-refractivity contribution is 0.408. The van der Waals surface area contributed by atoms with Gasteiger partial charge in [0.2, 0.25) is 5.88 Å². The van der Waals surface area contributed by atoms with Crippen molar-refractivity contribution in [1.29, 1.82) is 0 Å². The van der Waals surface area contributed by atoms with E-state index in [2.05, 4.69) is 43.1 Å². The number of aromatic hydroxyl groups is 1. The maximum absolute atomic E-state index is 13.0. The largest absolute Gasteiger partial charge is 0.494 e. The van der Waals surface area contributed by atoms with Crippen LogP contribution in [0.3, 0.4) is 0 Å². The molecule has 7 heteroatoms. The third-order valence-electron chi connectivity index (χ3n) is 6.39. The predicted molar refractivity (Wildman–Crippen MR) is 145 cm³/mol.